The van der Waals surface area contributed by atoms with Crippen molar-refractivity contribution in [1.82, 2.24) is 0 Å². The molecule has 6 heteroatoms. The second-order valence-electron chi connectivity index (χ2n) is 3.85. The predicted molar refractivity (Wildman–Crippen MR) is 61.2 cm³/mol. The van der Waals surface area contributed by atoms with Gasteiger partial charge in [0.1, 0.15) is 0 Å². The van der Waals surface area contributed by atoms with Crippen LogP contribution in [0.3, 0.4) is 0 Å². The number of hydrogen-bond acceptors (Lipinski definition) is 3. The van der Waals surface area contributed by atoms with E-state index in [1.807, 2.05) is 6.92 Å². The minimum atomic E-state index is -4.30. The lowest BCUT2D eigenvalue weighted by Gasteiger charge is -2.32. The number of rotatable bonds is 7. The SMILES string of the molecule is CCCC(CC)(CC(=O)OCC)P(=O)(O)O. The highest BCUT2D eigenvalue weighted by Crippen LogP contribution is 2.57. The molecule has 0 aromatic rings. The molecular weight excluding hydrogens is 231 g/mol. The maximum atomic E-state index is 11.5. The maximum absolute atomic E-state index is 11.5. The maximum Gasteiger partial charge on any atom is 0.332 e. The van der Waals surface area contributed by atoms with Gasteiger partial charge in [-0.05, 0) is 19.8 Å². The van der Waals surface area contributed by atoms with E-state index < -0.39 is 18.7 Å². The van der Waals surface area contributed by atoms with Crippen molar-refractivity contribution in [2.75, 3.05) is 6.61 Å². The van der Waals surface area contributed by atoms with Crippen LogP contribution in [-0.4, -0.2) is 27.5 Å². The van der Waals surface area contributed by atoms with Crippen LogP contribution in [0.1, 0.15) is 46.5 Å². The molecule has 2 N–H and O–H groups in total. The van der Waals surface area contributed by atoms with Gasteiger partial charge in [0.05, 0.1) is 18.2 Å². The first kappa shape index (κ1) is 15.6. The molecule has 0 saturated heterocycles. The van der Waals surface area contributed by atoms with E-state index >= 15 is 0 Å². The van der Waals surface area contributed by atoms with E-state index in [9.17, 15) is 19.1 Å². The molecule has 1 unspecified atom stereocenters. The van der Waals surface area contributed by atoms with Crippen LogP contribution in [0.25, 0.3) is 0 Å². The summed E-state index contributed by atoms with van der Waals surface area (Å²) in [6, 6.07) is 0. The monoisotopic (exact) mass is 252 g/mol. The Labute approximate surface area is 96.4 Å². The summed E-state index contributed by atoms with van der Waals surface area (Å²) in [5.74, 6) is -0.541. The van der Waals surface area contributed by atoms with Crippen molar-refractivity contribution in [3.05, 3.63) is 0 Å². The third-order valence-electron chi connectivity index (χ3n) is 2.77. The van der Waals surface area contributed by atoms with Gasteiger partial charge in [-0.1, -0.05) is 20.3 Å². The van der Waals surface area contributed by atoms with E-state index in [-0.39, 0.29) is 19.4 Å². The molecule has 0 amide bonds. The molecule has 0 aliphatic carbocycles. The second-order valence-corrected chi connectivity index (χ2v) is 5.89. The van der Waals surface area contributed by atoms with Crippen molar-refractivity contribution < 1.29 is 23.9 Å². The molecular formula is C10H21O5P. The zero-order valence-corrected chi connectivity index (χ0v) is 11.0. The number of carbonyl (C=O) groups excluding carboxylic acids is 1. The Balaban J connectivity index is 4.92. The largest absolute Gasteiger partial charge is 0.466 e. The van der Waals surface area contributed by atoms with E-state index in [4.69, 9.17) is 4.74 Å². The Hall–Kier alpha value is -0.380. The molecule has 0 aliphatic heterocycles. The average Bonchev–Trinajstić information content (AvgIpc) is 2.15. The van der Waals surface area contributed by atoms with E-state index in [0.29, 0.717) is 12.8 Å². The molecule has 0 heterocycles. The first-order chi connectivity index (χ1) is 7.33. The van der Waals surface area contributed by atoms with Gasteiger partial charge in [-0.15, -0.1) is 0 Å². The predicted octanol–water partition coefficient (Wildman–Crippen LogP) is 2.07. The molecule has 0 aromatic carbocycles. The van der Waals surface area contributed by atoms with Crippen molar-refractivity contribution >= 4 is 13.6 Å². The van der Waals surface area contributed by atoms with Crippen LogP contribution < -0.4 is 0 Å². The number of ether oxygens (including phenoxy) is 1. The van der Waals surface area contributed by atoms with Gasteiger partial charge in [0.15, 0.2) is 0 Å². The Kier molecular flexibility index (Phi) is 6.23. The normalized spacial score (nSPS) is 15.6. The molecule has 1 atom stereocenters. The van der Waals surface area contributed by atoms with Crippen molar-refractivity contribution in [3.8, 4) is 0 Å². The zero-order chi connectivity index (χ0) is 12.8. The quantitative estimate of drug-likeness (QED) is 0.535. The van der Waals surface area contributed by atoms with E-state index in [1.165, 1.54) is 0 Å². The van der Waals surface area contributed by atoms with Crippen LogP contribution in [0.5, 0.6) is 0 Å². The van der Waals surface area contributed by atoms with Crippen LogP contribution in [0.4, 0.5) is 0 Å². The summed E-state index contributed by atoms with van der Waals surface area (Å²) in [4.78, 5) is 30.1. The van der Waals surface area contributed by atoms with Crippen molar-refractivity contribution in [3.63, 3.8) is 0 Å². The first-order valence-electron chi connectivity index (χ1n) is 5.54. The molecule has 0 spiro atoms. The molecule has 0 bridgehead atoms. The highest BCUT2D eigenvalue weighted by atomic mass is 31.2. The fraction of sp³-hybridized carbons (Fsp3) is 0.900. The summed E-state index contributed by atoms with van der Waals surface area (Å²) in [5, 5.41) is -1.26. The summed E-state index contributed by atoms with van der Waals surface area (Å²) in [5.41, 5.74) is 0. The molecule has 16 heavy (non-hydrogen) atoms. The van der Waals surface area contributed by atoms with E-state index in [0.717, 1.165) is 0 Å². The summed E-state index contributed by atoms with van der Waals surface area (Å²) in [6.07, 6.45) is 1.00. The Bertz CT molecular complexity index is 272. The summed E-state index contributed by atoms with van der Waals surface area (Å²) in [7, 11) is -4.30. The summed E-state index contributed by atoms with van der Waals surface area (Å²) < 4.78 is 16.3. The summed E-state index contributed by atoms with van der Waals surface area (Å²) in [6.45, 7) is 5.42. The molecule has 0 rings (SSSR count). The fourth-order valence-corrected chi connectivity index (χ4v) is 3.05. The standard InChI is InChI=1S/C10H21O5P/c1-4-7-10(5-2,16(12,13)14)8-9(11)15-6-3/h4-8H2,1-3H3,(H2,12,13,14). The first-order valence-corrected chi connectivity index (χ1v) is 7.15. The van der Waals surface area contributed by atoms with E-state index in [1.54, 1.807) is 13.8 Å². The van der Waals surface area contributed by atoms with Crippen LogP contribution in [0, 0.1) is 0 Å². The molecule has 0 radical (unpaired) electrons. The molecule has 96 valence electrons. The van der Waals surface area contributed by atoms with Gasteiger partial charge in [0, 0.05) is 0 Å². The lowest BCUT2D eigenvalue weighted by molar-refractivity contribution is -0.144. The highest BCUT2D eigenvalue weighted by Gasteiger charge is 2.46. The Morgan fingerprint density at radius 2 is 1.88 bits per heavy atom. The molecule has 0 saturated carbocycles. The summed E-state index contributed by atoms with van der Waals surface area (Å²) >= 11 is 0. The van der Waals surface area contributed by atoms with Crippen LogP contribution in [0.15, 0.2) is 0 Å². The van der Waals surface area contributed by atoms with Crippen molar-refractivity contribution in [2.45, 2.75) is 51.6 Å². The van der Waals surface area contributed by atoms with Gasteiger partial charge in [-0.25, -0.2) is 0 Å². The van der Waals surface area contributed by atoms with Crippen LogP contribution in [0.2, 0.25) is 0 Å². The van der Waals surface area contributed by atoms with Gasteiger partial charge >= 0.3 is 13.6 Å². The molecule has 5 nitrogen and oxygen atoms in total. The molecule has 0 aromatic heterocycles. The Morgan fingerprint density at radius 1 is 1.31 bits per heavy atom. The second kappa shape index (κ2) is 6.38. The van der Waals surface area contributed by atoms with Gasteiger partial charge in [-0.2, -0.15) is 0 Å². The van der Waals surface area contributed by atoms with Gasteiger partial charge in [-0.3, -0.25) is 9.36 Å². The average molecular weight is 252 g/mol. The third-order valence-corrected chi connectivity index (χ3v) is 4.70. The van der Waals surface area contributed by atoms with Crippen LogP contribution in [-0.2, 0) is 14.1 Å². The van der Waals surface area contributed by atoms with Gasteiger partial charge in [0.2, 0.25) is 0 Å². The lowest BCUT2D eigenvalue weighted by atomic mass is 9.96. The zero-order valence-electron chi connectivity index (χ0n) is 10.1. The van der Waals surface area contributed by atoms with Crippen molar-refractivity contribution in [1.29, 1.82) is 0 Å². The molecule has 0 fully saturated rings. The number of carbonyl (C=O) groups is 1. The molecule has 0 aliphatic rings. The van der Waals surface area contributed by atoms with Gasteiger partial charge in [0.25, 0.3) is 0 Å². The Morgan fingerprint density at radius 3 is 2.19 bits per heavy atom. The minimum Gasteiger partial charge on any atom is -0.466 e. The van der Waals surface area contributed by atoms with E-state index in [2.05, 4.69) is 0 Å². The highest BCUT2D eigenvalue weighted by molar-refractivity contribution is 7.53. The fourth-order valence-electron chi connectivity index (χ4n) is 1.79. The van der Waals surface area contributed by atoms with Crippen LogP contribution >= 0.6 is 7.60 Å². The third kappa shape index (κ3) is 3.89. The van der Waals surface area contributed by atoms with Gasteiger partial charge < -0.3 is 14.5 Å². The number of esters is 1. The van der Waals surface area contributed by atoms with Crippen molar-refractivity contribution in [2.24, 2.45) is 0 Å². The smallest absolute Gasteiger partial charge is 0.332 e. The lowest BCUT2D eigenvalue weighted by Crippen LogP contribution is -2.32. The number of hydrogen-bond donors (Lipinski definition) is 2. The topological polar surface area (TPSA) is 83.8 Å². The minimum absolute atomic E-state index is 0.213.